The van der Waals surface area contributed by atoms with Crippen molar-refractivity contribution in [2.45, 2.75) is 77.6 Å². The Balaban J connectivity index is 1.95. The average Bonchev–Trinajstić information content (AvgIpc) is 3.04. The van der Waals surface area contributed by atoms with Crippen LogP contribution in [-0.4, -0.2) is 21.6 Å². The van der Waals surface area contributed by atoms with Gasteiger partial charge in [0.15, 0.2) is 0 Å². The fourth-order valence-corrected chi connectivity index (χ4v) is 3.50. The van der Waals surface area contributed by atoms with Crippen molar-refractivity contribution < 1.29 is 14.7 Å². The Morgan fingerprint density at radius 1 is 0.964 bits per heavy atom. The number of carboxylic acid groups (broad SMARTS) is 1. The largest absolute Gasteiger partial charge is 0.481 e. The third kappa shape index (κ3) is 6.99. The topological polar surface area (TPSA) is 59.3 Å². The monoisotopic (exact) mass is 383 g/mol. The van der Waals surface area contributed by atoms with Crippen LogP contribution in [-0.2, 0) is 4.79 Å². The van der Waals surface area contributed by atoms with E-state index >= 15 is 0 Å². The second-order valence-corrected chi connectivity index (χ2v) is 7.42. The summed E-state index contributed by atoms with van der Waals surface area (Å²) in [4.78, 5) is 23.4. The summed E-state index contributed by atoms with van der Waals surface area (Å²) in [7, 11) is 0. The fourth-order valence-electron chi connectivity index (χ4n) is 3.50. The van der Waals surface area contributed by atoms with Crippen LogP contribution in [0.5, 0.6) is 0 Å². The van der Waals surface area contributed by atoms with Gasteiger partial charge in [-0.15, -0.1) is 0 Å². The molecule has 0 saturated heterocycles. The highest BCUT2D eigenvalue weighted by Crippen LogP contribution is 2.22. The van der Waals surface area contributed by atoms with Gasteiger partial charge in [-0.2, -0.15) is 0 Å². The highest BCUT2D eigenvalue weighted by molar-refractivity contribution is 5.95. The molecule has 2 rings (SSSR count). The van der Waals surface area contributed by atoms with Crippen molar-refractivity contribution in [1.82, 2.24) is 4.57 Å². The zero-order valence-corrected chi connectivity index (χ0v) is 17.0. The average molecular weight is 384 g/mol. The number of para-hydroxylation sites is 1. The summed E-state index contributed by atoms with van der Waals surface area (Å²) in [5.41, 5.74) is 1.77. The van der Waals surface area contributed by atoms with Gasteiger partial charge in [0.1, 0.15) is 0 Å². The summed E-state index contributed by atoms with van der Waals surface area (Å²) in [5.74, 6) is -0.905. The lowest BCUT2D eigenvalue weighted by molar-refractivity contribution is -0.137. The molecule has 1 N–H and O–H groups in total. The smallest absolute Gasteiger partial charge is 0.303 e. The second-order valence-electron chi connectivity index (χ2n) is 7.42. The Morgan fingerprint density at radius 3 is 2.43 bits per heavy atom. The maximum atomic E-state index is 12.7. The maximum absolute atomic E-state index is 12.7. The third-order valence-corrected chi connectivity index (χ3v) is 5.03. The van der Waals surface area contributed by atoms with Crippen LogP contribution in [0.3, 0.4) is 0 Å². The first kappa shape index (κ1) is 21.9. The van der Waals surface area contributed by atoms with Gasteiger partial charge in [-0.25, -0.2) is 0 Å². The number of benzene rings is 1. The maximum Gasteiger partial charge on any atom is 0.303 e. The number of hydrogen-bond acceptors (Lipinski definition) is 2. The van der Waals surface area contributed by atoms with Crippen molar-refractivity contribution in [2.75, 3.05) is 0 Å². The minimum atomic E-state index is -0.861. The van der Waals surface area contributed by atoms with Crippen molar-refractivity contribution in [3.63, 3.8) is 0 Å². The van der Waals surface area contributed by atoms with Crippen molar-refractivity contribution in [3.05, 3.63) is 42.1 Å². The molecule has 0 radical (unpaired) electrons. The molecular weight excluding hydrogens is 350 g/mol. The number of nitrogens with zero attached hydrogens (tertiary/aromatic N) is 1. The zero-order valence-electron chi connectivity index (χ0n) is 17.0. The van der Waals surface area contributed by atoms with Gasteiger partial charge in [-0.05, 0) is 37.5 Å². The molecule has 0 aliphatic heterocycles. The summed E-state index contributed by atoms with van der Waals surface area (Å²) in [6, 6.07) is 9.87. The summed E-state index contributed by atoms with van der Waals surface area (Å²) in [6.45, 7) is 2.24. The number of hydrogen-bond donors (Lipinski definition) is 1. The Kier molecular flexibility index (Phi) is 9.53. The third-order valence-electron chi connectivity index (χ3n) is 5.03. The Bertz CT molecular complexity index is 788. The Hall–Kier alpha value is -2.36. The van der Waals surface area contributed by atoms with E-state index in [1.807, 2.05) is 36.4 Å². The van der Waals surface area contributed by atoms with Gasteiger partial charge in [0.2, 0.25) is 5.91 Å². The fraction of sp³-hybridized carbons (Fsp3) is 0.500. The lowest BCUT2D eigenvalue weighted by atomic mass is 10.1. The van der Waals surface area contributed by atoms with Crippen LogP contribution < -0.4 is 0 Å². The molecule has 4 heteroatoms. The SMILES string of the molecule is CCCCCCCCC/C=C/c1cc2ccccc2n1C(=O)CCCC(=O)O. The highest BCUT2D eigenvalue weighted by Gasteiger charge is 2.13. The number of carbonyl (C=O) groups excluding carboxylic acids is 1. The number of carbonyl (C=O) groups is 2. The molecule has 0 aliphatic carbocycles. The number of carboxylic acids is 1. The second kappa shape index (κ2) is 12.2. The lowest BCUT2D eigenvalue weighted by Crippen LogP contribution is -2.12. The number of aromatic nitrogens is 1. The van der Waals surface area contributed by atoms with Crippen molar-refractivity contribution in [3.8, 4) is 0 Å². The molecule has 0 spiro atoms. The molecule has 1 aromatic carbocycles. The molecule has 4 nitrogen and oxygen atoms in total. The van der Waals surface area contributed by atoms with Gasteiger partial charge in [0, 0.05) is 23.9 Å². The molecule has 0 amide bonds. The van der Waals surface area contributed by atoms with Crippen LogP contribution in [0.2, 0.25) is 0 Å². The Morgan fingerprint density at radius 2 is 1.68 bits per heavy atom. The van der Waals surface area contributed by atoms with Crippen LogP contribution in [0, 0.1) is 0 Å². The van der Waals surface area contributed by atoms with Crippen LogP contribution in [0.1, 0.15) is 88.0 Å². The van der Waals surface area contributed by atoms with Gasteiger partial charge < -0.3 is 5.11 Å². The van der Waals surface area contributed by atoms with Crippen molar-refractivity contribution in [2.24, 2.45) is 0 Å². The minimum Gasteiger partial charge on any atom is -0.481 e. The number of fused-ring (bicyclic) bond motifs is 1. The van der Waals surface area contributed by atoms with Crippen LogP contribution in [0.25, 0.3) is 17.0 Å². The molecule has 28 heavy (non-hydrogen) atoms. The molecule has 0 saturated carbocycles. The molecule has 1 heterocycles. The van der Waals surface area contributed by atoms with E-state index < -0.39 is 5.97 Å². The lowest BCUT2D eigenvalue weighted by Gasteiger charge is -2.07. The molecule has 152 valence electrons. The van der Waals surface area contributed by atoms with E-state index in [2.05, 4.69) is 13.0 Å². The van der Waals surface area contributed by atoms with E-state index in [0.717, 1.165) is 23.0 Å². The van der Waals surface area contributed by atoms with Crippen LogP contribution >= 0.6 is 0 Å². The van der Waals surface area contributed by atoms with E-state index in [1.54, 1.807) is 4.57 Å². The van der Waals surface area contributed by atoms with Gasteiger partial charge >= 0.3 is 5.97 Å². The molecule has 0 bridgehead atoms. The van der Waals surface area contributed by atoms with E-state index in [4.69, 9.17) is 5.11 Å². The molecular formula is C24H33NO3. The molecule has 0 unspecified atom stereocenters. The first-order valence-corrected chi connectivity index (χ1v) is 10.7. The van der Waals surface area contributed by atoms with E-state index in [1.165, 1.54) is 44.9 Å². The number of rotatable bonds is 13. The van der Waals surface area contributed by atoms with Gasteiger partial charge in [-0.1, -0.05) is 69.7 Å². The van der Waals surface area contributed by atoms with E-state index in [9.17, 15) is 9.59 Å². The molecule has 1 aromatic heterocycles. The molecule has 0 fully saturated rings. The number of unbranched alkanes of at least 4 members (excludes halogenated alkanes) is 7. The summed E-state index contributed by atoms with van der Waals surface area (Å²) in [6.07, 6.45) is 14.9. The standard InChI is InChI=1S/C24H33NO3/c1-2-3-4-5-6-7-8-9-10-15-21-19-20-14-11-12-16-22(20)25(21)23(26)17-13-18-24(27)28/h10-12,14-16,19H,2-9,13,17-18H2,1H3,(H,27,28)/b15-10+. The summed E-state index contributed by atoms with van der Waals surface area (Å²) >= 11 is 0. The summed E-state index contributed by atoms with van der Waals surface area (Å²) in [5, 5.41) is 9.83. The predicted molar refractivity (Wildman–Crippen MR) is 116 cm³/mol. The first-order valence-electron chi connectivity index (χ1n) is 10.7. The van der Waals surface area contributed by atoms with Crippen molar-refractivity contribution >= 4 is 28.9 Å². The highest BCUT2D eigenvalue weighted by atomic mass is 16.4. The van der Waals surface area contributed by atoms with Crippen LogP contribution in [0.4, 0.5) is 0 Å². The summed E-state index contributed by atoms with van der Waals surface area (Å²) < 4.78 is 1.73. The number of allylic oxidation sites excluding steroid dienone is 1. The van der Waals surface area contributed by atoms with Gasteiger partial charge in [0.05, 0.1) is 5.52 Å². The van der Waals surface area contributed by atoms with Gasteiger partial charge in [-0.3, -0.25) is 14.2 Å². The van der Waals surface area contributed by atoms with Crippen molar-refractivity contribution in [1.29, 1.82) is 0 Å². The predicted octanol–water partition coefficient (Wildman–Crippen LogP) is 6.69. The molecule has 2 aromatic rings. The quantitative estimate of drug-likeness (QED) is 0.392. The number of aliphatic carboxylic acids is 1. The minimum absolute atomic E-state index is 0.0222. The van der Waals surface area contributed by atoms with E-state index in [-0.39, 0.29) is 18.7 Å². The molecule has 0 aliphatic rings. The molecule has 0 atom stereocenters. The van der Waals surface area contributed by atoms with E-state index in [0.29, 0.717) is 6.42 Å². The normalized spacial score (nSPS) is 11.5. The first-order chi connectivity index (χ1) is 13.6. The zero-order chi connectivity index (χ0) is 20.2. The van der Waals surface area contributed by atoms with Crippen LogP contribution in [0.15, 0.2) is 36.4 Å². The van der Waals surface area contributed by atoms with Gasteiger partial charge in [0.25, 0.3) is 0 Å². The Labute approximate surface area is 168 Å².